The fourth-order valence-electron chi connectivity index (χ4n) is 3.75. The van der Waals surface area contributed by atoms with Gasteiger partial charge in [0.25, 0.3) is 0 Å². The quantitative estimate of drug-likeness (QED) is 0.804. The second-order valence-corrected chi connectivity index (χ2v) is 7.93. The van der Waals surface area contributed by atoms with Gasteiger partial charge < -0.3 is 24.8 Å². The minimum absolute atomic E-state index is 0.0676. The number of carbonyl (C=O) groups excluding carboxylic acids is 1. The molecular formula is C21H29N5O2. The molecule has 2 fully saturated rings. The maximum atomic E-state index is 12.7. The van der Waals surface area contributed by atoms with E-state index in [1.54, 1.807) is 6.20 Å². The van der Waals surface area contributed by atoms with Crippen LogP contribution < -0.4 is 15.4 Å². The molecule has 2 aromatic rings. The summed E-state index contributed by atoms with van der Waals surface area (Å²) in [5.74, 6) is 2.08. The Bertz CT molecular complexity index is 809. The largest absolute Gasteiger partial charge is 0.488 e. The van der Waals surface area contributed by atoms with E-state index < -0.39 is 0 Å². The molecule has 0 radical (unpaired) electrons. The molecule has 4 rings (SSSR count). The van der Waals surface area contributed by atoms with Crippen LogP contribution in [0.1, 0.15) is 37.5 Å². The van der Waals surface area contributed by atoms with Crippen molar-refractivity contribution in [1.82, 2.24) is 19.8 Å². The zero-order valence-electron chi connectivity index (χ0n) is 16.6. The summed E-state index contributed by atoms with van der Waals surface area (Å²) in [6.07, 6.45) is 8.11. The second kappa shape index (κ2) is 8.22. The number of aromatic nitrogens is 2. The highest BCUT2D eigenvalue weighted by molar-refractivity contribution is 5.91. The van der Waals surface area contributed by atoms with Crippen LogP contribution in [0.2, 0.25) is 0 Å². The lowest BCUT2D eigenvalue weighted by atomic mass is 10.1. The Labute approximate surface area is 166 Å². The van der Waals surface area contributed by atoms with Crippen LogP contribution >= 0.6 is 0 Å². The number of likely N-dealkylation sites (tertiary alicyclic amines) is 1. The van der Waals surface area contributed by atoms with E-state index in [0.717, 1.165) is 50.3 Å². The van der Waals surface area contributed by atoms with Gasteiger partial charge in [0.05, 0.1) is 11.7 Å². The summed E-state index contributed by atoms with van der Waals surface area (Å²) in [6.45, 7) is 2.07. The Morgan fingerprint density at radius 1 is 1.18 bits per heavy atom. The van der Waals surface area contributed by atoms with E-state index in [2.05, 4.69) is 27.6 Å². The number of rotatable bonds is 6. The summed E-state index contributed by atoms with van der Waals surface area (Å²) in [7, 11) is 4.09. The average Bonchev–Trinajstić information content (AvgIpc) is 3.44. The highest BCUT2D eigenvalue weighted by Gasteiger charge is 2.35. The Balaban J connectivity index is 1.41. The lowest BCUT2D eigenvalue weighted by molar-refractivity contribution is 0.115. The Morgan fingerprint density at radius 3 is 2.61 bits per heavy atom. The molecule has 1 saturated carbocycles. The van der Waals surface area contributed by atoms with Crippen molar-refractivity contribution in [2.24, 2.45) is 13.0 Å². The topological polar surface area (TPSA) is 71.4 Å². The van der Waals surface area contributed by atoms with Crippen LogP contribution in [0, 0.1) is 5.92 Å². The number of carbonyl (C=O) groups is 1. The summed E-state index contributed by atoms with van der Waals surface area (Å²) in [5, 5.41) is 6.09. The summed E-state index contributed by atoms with van der Waals surface area (Å²) >= 11 is 0. The molecule has 7 heteroatoms. The van der Waals surface area contributed by atoms with Gasteiger partial charge in [-0.05, 0) is 50.8 Å². The third kappa shape index (κ3) is 4.47. The molecule has 7 nitrogen and oxygen atoms in total. The molecule has 2 amide bonds. The van der Waals surface area contributed by atoms with Crippen LogP contribution in [0.5, 0.6) is 5.75 Å². The third-order valence-electron chi connectivity index (χ3n) is 5.61. The molecular weight excluding hydrogens is 354 g/mol. The van der Waals surface area contributed by atoms with Crippen molar-refractivity contribution < 1.29 is 9.53 Å². The summed E-state index contributed by atoms with van der Waals surface area (Å²) in [5.41, 5.74) is 0.702. The summed E-state index contributed by atoms with van der Waals surface area (Å²) < 4.78 is 8.18. The highest BCUT2D eigenvalue weighted by atomic mass is 16.5. The summed E-state index contributed by atoms with van der Waals surface area (Å²) in [4.78, 5) is 19.5. The minimum Gasteiger partial charge on any atom is -0.488 e. The fraction of sp³-hybridized carbons (Fsp3) is 0.524. The molecule has 1 aromatic carbocycles. The molecule has 1 aliphatic heterocycles. The molecule has 28 heavy (non-hydrogen) atoms. The predicted octanol–water partition coefficient (Wildman–Crippen LogP) is 3.17. The summed E-state index contributed by atoms with van der Waals surface area (Å²) in [6, 6.07) is 7.37. The van der Waals surface area contributed by atoms with E-state index in [-0.39, 0.29) is 18.2 Å². The first-order valence-corrected chi connectivity index (χ1v) is 10.1. The Kier molecular flexibility index (Phi) is 5.52. The molecule has 1 aliphatic carbocycles. The lowest BCUT2D eigenvalue weighted by Gasteiger charge is -2.30. The number of amides is 2. The third-order valence-corrected chi connectivity index (χ3v) is 5.61. The number of nitrogens with zero attached hydrogens (tertiary/aromatic N) is 3. The van der Waals surface area contributed by atoms with E-state index in [0.29, 0.717) is 11.6 Å². The number of ether oxygens (including phenoxy) is 1. The van der Waals surface area contributed by atoms with Crippen LogP contribution in [0.15, 0.2) is 36.7 Å². The van der Waals surface area contributed by atoms with E-state index in [4.69, 9.17) is 4.74 Å². The molecule has 0 unspecified atom stereocenters. The molecule has 1 atom stereocenters. The molecule has 2 heterocycles. The normalized spacial score (nSPS) is 19.2. The van der Waals surface area contributed by atoms with Crippen LogP contribution in [0.4, 0.5) is 10.5 Å². The van der Waals surface area contributed by atoms with Crippen molar-refractivity contribution >= 4 is 11.7 Å². The van der Waals surface area contributed by atoms with Crippen LogP contribution in [-0.4, -0.2) is 46.7 Å². The van der Waals surface area contributed by atoms with Crippen LogP contribution in [0.25, 0.3) is 0 Å². The maximum Gasteiger partial charge on any atom is 0.319 e. The number of imidazole rings is 1. The number of piperidine rings is 1. The van der Waals surface area contributed by atoms with Gasteiger partial charge in [-0.3, -0.25) is 0 Å². The SMILES string of the molecule is CN1CCC(Oc2ccccc2NC(=O)N[C@H](c2nccn2C)C2CC2)CC1. The van der Waals surface area contributed by atoms with E-state index in [1.807, 2.05) is 42.1 Å². The van der Waals surface area contributed by atoms with Crippen LogP contribution in [-0.2, 0) is 7.05 Å². The van der Waals surface area contributed by atoms with Gasteiger partial charge in [0.1, 0.15) is 17.7 Å². The van der Waals surface area contributed by atoms with Crippen LogP contribution in [0.3, 0.4) is 0 Å². The van der Waals surface area contributed by atoms with Crippen molar-refractivity contribution in [2.75, 3.05) is 25.5 Å². The first-order valence-electron chi connectivity index (χ1n) is 10.1. The van der Waals surface area contributed by atoms with Gasteiger partial charge >= 0.3 is 6.03 Å². The van der Waals surface area contributed by atoms with E-state index in [9.17, 15) is 4.79 Å². The van der Waals surface area contributed by atoms with E-state index >= 15 is 0 Å². The number of anilines is 1. The van der Waals surface area contributed by atoms with Crippen molar-refractivity contribution in [1.29, 1.82) is 0 Å². The number of hydrogen-bond donors (Lipinski definition) is 2. The number of urea groups is 1. The zero-order chi connectivity index (χ0) is 19.5. The van der Waals surface area contributed by atoms with Gasteiger partial charge in [0.15, 0.2) is 0 Å². The average molecular weight is 383 g/mol. The van der Waals surface area contributed by atoms with Crippen molar-refractivity contribution in [2.45, 2.75) is 37.8 Å². The number of benzene rings is 1. The maximum absolute atomic E-state index is 12.7. The number of hydrogen-bond acceptors (Lipinski definition) is 4. The lowest BCUT2D eigenvalue weighted by Crippen LogP contribution is -2.36. The molecule has 150 valence electrons. The van der Waals surface area contributed by atoms with E-state index in [1.165, 1.54) is 0 Å². The van der Waals surface area contributed by atoms with Gasteiger partial charge in [-0.25, -0.2) is 9.78 Å². The predicted molar refractivity (Wildman–Crippen MR) is 108 cm³/mol. The molecule has 1 saturated heterocycles. The van der Waals surface area contributed by atoms with Gasteiger partial charge in [-0.2, -0.15) is 0 Å². The number of nitrogens with one attached hydrogen (secondary N) is 2. The van der Waals surface area contributed by atoms with Gasteiger partial charge in [0, 0.05) is 32.5 Å². The molecule has 1 aromatic heterocycles. The first-order chi connectivity index (χ1) is 13.6. The molecule has 0 spiro atoms. The number of aryl methyl sites for hydroxylation is 1. The van der Waals surface area contributed by atoms with Crippen molar-refractivity contribution in [3.63, 3.8) is 0 Å². The minimum atomic E-state index is -0.223. The second-order valence-electron chi connectivity index (χ2n) is 7.93. The molecule has 2 N–H and O–H groups in total. The van der Waals surface area contributed by atoms with Gasteiger partial charge in [-0.15, -0.1) is 0 Å². The fourth-order valence-corrected chi connectivity index (χ4v) is 3.75. The van der Waals surface area contributed by atoms with Crippen molar-refractivity contribution in [3.8, 4) is 5.75 Å². The number of para-hydroxylation sites is 2. The Morgan fingerprint density at radius 2 is 1.93 bits per heavy atom. The zero-order valence-corrected chi connectivity index (χ0v) is 16.6. The van der Waals surface area contributed by atoms with Crippen molar-refractivity contribution in [3.05, 3.63) is 42.5 Å². The molecule has 0 bridgehead atoms. The Hall–Kier alpha value is -2.54. The standard InChI is InChI=1S/C21H29N5O2/c1-25-12-9-16(10-13-25)28-18-6-4-3-5-17(18)23-21(27)24-19(15-7-8-15)20-22-11-14-26(20)2/h3-6,11,14-16,19H,7-10,12-13H2,1-2H3,(H2,23,24,27)/t19-/m0/s1. The monoisotopic (exact) mass is 383 g/mol. The highest BCUT2D eigenvalue weighted by Crippen LogP contribution is 2.40. The van der Waals surface area contributed by atoms with Gasteiger partial charge in [0.2, 0.25) is 0 Å². The van der Waals surface area contributed by atoms with Gasteiger partial charge in [-0.1, -0.05) is 12.1 Å². The smallest absolute Gasteiger partial charge is 0.319 e. The first kappa shape index (κ1) is 18.8. The molecule has 2 aliphatic rings.